The monoisotopic (exact) mass is 454 g/mol. The van der Waals surface area contributed by atoms with Crippen molar-refractivity contribution in [2.75, 3.05) is 7.11 Å². The number of amides is 1. The minimum absolute atomic E-state index is 0.0259. The highest BCUT2D eigenvalue weighted by Crippen LogP contribution is 2.35. The smallest absolute Gasteiger partial charge is 0.347 e. The molecule has 5 aromatic rings. The molecule has 0 aliphatic rings. The van der Waals surface area contributed by atoms with Crippen molar-refractivity contribution in [2.24, 2.45) is 0 Å². The van der Waals surface area contributed by atoms with E-state index in [1.165, 1.54) is 0 Å². The van der Waals surface area contributed by atoms with Gasteiger partial charge >= 0.3 is 5.63 Å². The Morgan fingerprint density at radius 2 is 1.76 bits per heavy atom. The Hall–Kier alpha value is -4.39. The van der Waals surface area contributed by atoms with E-state index >= 15 is 0 Å². The first-order valence-electron chi connectivity index (χ1n) is 10.8. The second kappa shape index (κ2) is 8.86. The normalized spacial score (nSPS) is 11.1. The van der Waals surface area contributed by atoms with Crippen molar-refractivity contribution in [3.05, 3.63) is 94.3 Å². The highest BCUT2D eigenvalue weighted by molar-refractivity contribution is 5.95. The summed E-state index contributed by atoms with van der Waals surface area (Å²) < 4.78 is 16.8. The van der Waals surface area contributed by atoms with Gasteiger partial charge in [-0.1, -0.05) is 18.2 Å². The molecule has 0 spiro atoms. The number of methoxy groups -OCH3 is 1. The zero-order chi connectivity index (χ0) is 23.7. The lowest BCUT2D eigenvalue weighted by Crippen LogP contribution is -2.25. The molecule has 1 amide bonds. The van der Waals surface area contributed by atoms with Gasteiger partial charge in [0.1, 0.15) is 28.2 Å². The van der Waals surface area contributed by atoms with Crippen molar-refractivity contribution in [3.63, 3.8) is 0 Å². The highest BCUT2D eigenvalue weighted by Gasteiger charge is 2.22. The molecule has 0 radical (unpaired) electrons. The zero-order valence-corrected chi connectivity index (χ0v) is 18.8. The van der Waals surface area contributed by atoms with Crippen LogP contribution in [0.3, 0.4) is 0 Å². The standard InChI is InChI=1S/C27H22N2O5/c1-16-11-23-25(27(31)33-16)22(14-24(30)29-15-17-7-9-28-10-8-17)26(34-23)20-4-3-19-13-21(32-2)6-5-18(19)12-20/h3-13H,14-15H2,1-2H3,(H,29,30). The topological polar surface area (TPSA) is 94.6 Å². The van der Waals surface area contributed by atoms with Gasteiger partial charge in [0.05, 0.1) is 13.5 Å². The van der Waals surface area contributed by atoms with Gasteiger partial charge in [-0.3, -0.25) is 9.78 Å². The molecule has 3 heterocycles. The number of rotatable bonds is 6. The molecule has 2 aromatic carbocycles. The fourth-order valence-electron chi connectivity index (χ4n) is 4.04. The average Bonchev–Trinajstić information content (AvgIpc) is 3.20. The number of hydrogen-bond acceptors (Lipinski definition) is 6. The average molecular weight is 454 g/mol. The Kier molecular flexibility index (Phi) is 5.59. The predicted molar refractivity (Wildman–Crippen MR) is 129 cm³/mol. The van der Waals surface area contributed by atoms with Crippen molar-refractivity contribution >= 4 is 27.6 Å². The summed E-state index contributed by atoms with van der Waals surface area (Å²) in [5.41, 5.74) is 2.08. The second-order valence-corrected chi connectivity index (χ2v) is 8.03. The molecule has 0 atom stereocenters. The number of ether oxygens (including phenoxy) is 1. The first-order valence-corrected chi connectivity index (χ1v) is 10.8. The van der Waals surface area contributed by atoms with Gasteiger partial charge in [0.2, 0.25) is 5.91 Å². The third kappa shape index (κ3) is 4.15. The number of furan rings is 1. The third-order valence-electron chi connectivity index (χ3n) is 5.71. The number of aryl methyl sites for hydroxylation is 1. The quantitative estimate of drug-likeness (QED) is 0.397. The SMILES string of the molecule is COc1ccc2cc(-c3oc4cc(C)oc(=O)c4c3CC(=O)NCc3ccncc3)ccc2c1. The van der Waals surface area contributed by atoms with Crippen LogP contribution in [0.5, 0.6) is 5.75 Å². The van der Waals surface area contributed by atoms with Crippen LogP contribution in [0.25, 0.3) is 33.1 Å². The Morgan fingerprint density at radius 3 is 2.56 bits per heavy atom. The van der Waals surface area contributed by atoms with Gasteiger partial charge in [-0.05, 0) is 53.6 Å². The van der Waals surface area contributed by atoms with Crippen molar-refractivity contribution in [2.45, 2.75) is 19.9 Å². The summed E-state index contributed by atoms with van der Waals surface area (Å²) in [5.74, 6) is 1.46. The van der Waals surface area contributed by atoms with Crippen molar-refractivity contribution < 1.29 is 18.4 Å². The molecule has 7 heteroatoms. The van der Waals surface area contributed by atoms with Gasteiger partial charge in [0.25, 0.3) is 0 Å². The van der Waals surface area contributed by atoms with E-state index in [4.69, 9.17) is 13.6 Å². The lowest BCUT2D eigenvalue weighted by molar-refractivity contribution is -0.120. The number of nitrogens with one attached hydrogen (secondary N) is 1. The van der Waals surface area contributed by atoms with Crippen LogP contribution in [0.2, 0.25) is 0 Å². The summed E-state index contributed by atoms with van der Waals surface area (Å²) in [6.45, 7) is 2.05. The van der Waals surface area contributed by atoms with E-state index in [1.54, 1.807) is 32.5 Å². The summed E-state index contributed by atoms with van der Waals surface area (Å²) in [4.78, 5) is 29.6. The fourth-order valence-corrected chi connectivity index (χ4v) is 4.04. The fraction of sp³-hybridized carbons (Fsp3) is 0.148. The minimum Gasteiger partial charge on any atom is -0.497 e. The minimum atomic E-state index is -0.521. The zero-order valence-electron chi connectivity index (χ0n) is 18.8. The molecule has 7 nitrogen and oxygen atoms in total. The maximum absolute atomic E-state index is 12.9. The third-order valence-corrected chi connectivity index (χ3v) is 5.71. The van der Waals surface area contributed by atoms with Crippen LogP contribution in [-0.4, -0.2) is 18.0 Å². The number of carbonyl (C=O) groups is 1. The summed E-state index contributed by atoms with van der Waals surface area (Å²) in [6, 6.07) is 17.0. The van der Waals surface area contributed by atoms with E-state index in [0.29, 0.717) is 29.2 Å². The molecule has 0 aliphatic heterocycles. The molecular formula is C27H22N2O5. The number of hydrogen-bond donors (Lipinski definition) is 1. The number of nitrogens with zero attached hydrogens (tertiary/aromatic N) is 1. The lowest BCUT2D eigenvalue weighted by atomic mass is 10.0. The Labute approximate surface area is 195 Å². The number of pyridine rings is 1. The first kappa shape index (κ1) is 21.5. The van der Waals surface area contributed by atoms with Gasteiger partial charge < -0.3 is 18.9 Å². The van der Waals surface area contributed by atoms with E-state index in [1.807, 2.05) is 48.5 Å². The molecule has 0 unspecified atom stereocenters. The first-order chi connectivity index (χ1) is 16.5. The molecule has 170 valence electrons. The van der Waals surface area contributed by atoms with E-state index in [-0.39, 0.29) is 17.7 Å². The Bertz CT molecular complexity index is 1570. The number of benzene rings is 2. The van der Waals surface area contributed by atoms with Crippen LogP contribution in [-0.2, 0) is 17.8 Å². The summed E-state index contributed by atoms with van der Waals surface area (Å²) in [7, 11) is 1.63. The number of carbonyl (C=O) groups excluding carboxylic acids is 1. The van der Waals surface area contributed by atoms with Crippen molar-refractivity contribution in [1.82, 2.24) is 10.3 Å². The van der Waals surface area contributed by atoms with Gasteiger partial charge in [0, 0.05) is 36.1 Å². The van der Waals surface area contributed by atoms with Crippen LogP contribution in [0.4, 0.5) is 0 Å². The second-order valence-electron chi connectivity index (χ2n) is 8.03. The maximum Gasteiger partial charge on any atom is 0.347 e. The van der Waals surface area contributed by atoms with Gasteiger partial charge in [-0.25, -0.2) is 4.79 Å². The van der Waals surface area contributed by atoms with Gasteiger partial charge in [-0.15, -0.1) is 0 Å². The molecule has 0 bridgehead atoms. The van der Waals surface area contributed by atoms with Crippen LogP contribution in [0, 0.1) is 6.92 Å². The van der Waals surface area contributed by atoms with Crippen LogP contribution in [0.1, 0.15) is 16.9 Å². The highest BCUT2D eigenvalue weighted by atomic mass is 16.5. The molecule has 1 N–H and O–H groups in total. The molecule has 0 saturated heterocycles. The largest absolute Gasteiger partial charge is 0.497 e. The molecular weight excluding hydrogens is 432 g/mol. The molecule has 0 fully saturated rings. The predicted octanol–water partition coefficient (Wildman–Crippen LogP) is 4.78. The van der Waals surface area contributed by atoms with Crippen molar-refractivity contribution in [3.8, 4) is 17.1 Å². The van der Waals surface area contributed by atoms with E-state index < -0.39 is 5.63 Å². The lowest BCUT2D eigenvalue weighted by Gasteiger charge is -2.08. The summed E-state index contributed by atoms with van der Waals surface area (Å²) in [6.07, 6.45) is 3.32. The Balaban J connectivity index is 1.55. The molecule has 5 rings (SSSR count). The van der Waals surface area contributed by atoms with Gasteiger partial charge in [0.15, 0.2) is 0 Å². The van der Waals surface area contributed by atoms with E-state index in [0.717, 1.165) is 27.6 Å². The molecule has 3 aromatic heterocycles. The van der Waals surface area contributed by atoms with E-state index in [9.17, 15) is 9.59 Å². The number of aromatic nitrogens is 1. The van der Waals surface area contributed by atoms with Crippen LogP contribution >= 0.6 is 0 Å². The van der Waals surface area contributed by atoms with Crippen molar-refractivity contribution in [1.29, 1.82) is 0 Å². The molecule has 0 aliphatic carbocycles. The van der Waals surface area contributed by atoms with E-state index in [2.05, 4.69) is 10.3 Å². The van der Waals surface area contributed by atoms with Crippen LogP contribution < -0.4 is 15.7 Å². The summed E-state index contributed by atoms with van der Waals surface area (Å²) in [5, 5.41) is 5.17. The van der Waals surface area contributed by atoms with Crippen LogP contribution in [0.15, 0.2) is 80.6 Å². The number of fused-ring (bicyclic) bond motifs is 2. The Morgan fingerprint density at radius 1 is 1.00 bits per heavy atom. The molecule has 34 heavy (non-hydrogen) atoms. The van der Waals surface area contributed by atoms with Gasteiger partial charge in [-0.2, -0.15) is 0 Å². The maximum atomic E-state index is 12.9. The molecule has 0 saturated carbocycles. The summed E-state index contributed by atoms with van der Waals surface area (Å²) >= 11 is 0.